The quantitative estimate of drug-likeness (QED) is 0.580. The van der Waals surface area contributed by atoms with Crippen LogP contribution in [0.3, 0.4) is 0 Å². The summed E-state index contributed by atoms with van der Waals surface area (Å²) in [5.74, 6) is 0. The van der Waals surface area contributed by atoms with Crippen molar-refractivity contribution in [2.24, 2.45) is 0 Å². The second-order valence-electron chi connectivity index (χ2n) is 4.55. The van der Waals surface area contributed by atoms with Crippen LogP contribution in [-0.4, -0.2) is 46.5 Å². The average Bonchev–Trinajstić information content (AvgIpc) is 2.06. The normalized spacial score (nSPS) is 13.0. The van der Waals surface area contributed by atoms with Crippen LogP contribution in [0.15, 0.2) is 0 Å². The van der Waals surface area contributed by atoms with Gasteiger partial charge in [0.15, 0.2) is 0 Å². The molecule has 16 heavy (non-hydrogen) atoms. The molecule has 0 aromatic rings. The minimum Gasteiger partial charge on any atom is -0.380 e. The highest BCUT2D eigenvalue weighted by Crippen LogP contribution is 2.01. The summed E-state index contributed by atoms with van der Waals surface area (Å²) >= 11 is 0. The standard InChI is InChI=1S/C10H24N2O3S/c1-5-7-15-8-6-11-9-10(2,3)12-16(4,13)14/h11-12H,5-9H2,1-4H3. The fourth-order valence-corrected chi connectivity index (χ4v) is 2.41. The fourth-order valence-electron chi connectivity index (χ4n) is 1.33. The molecule has 0 aromatic heterocycles. The van der Waals surface area contributed by atoms with Crippen LogP contribution in [0.25, 0.3) is 0 Å². The molecule has 0 aliphatic heterocycles. The van der Waals surface area contributed by atoms with Gasteiger partial charge in [-0.3, -0.25) is 0 Å². The molecule has 0 atom stereocenters. The first-order chi connectivity index (χ1) is 7.27. The van der Waals surface area contributed by atoms with Crippen LogP contribution in [0.4, 0.5) is 0 Å². The molecule has 0 heterocycles. The first-order valence-corrected chi connectivity index (χ1v) is 7.43. The first kappa shape index (κ1) is 15.8. The van der Waals surface area contributed by atoms with Crippen LogP contribution in [0.5, 0.6) is 0 Å². The van der Waals surface area contributed by atoms with Crippen LogP contribution >= 0.6 is 0 Å². The molecule has 0 saturated heterocycles. The first-order valence-electron chi connectivity index (χ1n) is 5.54. The van der Waals surface area contributed by atoms with E-state index in [1.165, 1.54) is 6.26 Å². The second kappa shape index (κ2) is 7.21. The molecule has 0 amide bonds. The Morgan fingerprint density at radius 1 is 1.25 bits per heavy atom. The fraction of sp³-hybridized carbons (Fsp3) is 1.00. The number of nitrogens with one attached hydrogen (secondary N) is 2. The van der Waals surface area contributed by atoms with E-state index in [1.54, 1.807) is 0 Å². The zero-order chi connectivity index (χ0) is 12.7. The molecular formula is C10H24N2O3S. The highest BCUT2D eigenvalue weighted by Gasteiger charge is 2.21. The lowest BCUT2D eigenvalue weighted by Crippen LogP contribution is -2.50. The Hall–Kier alpha value is -0.170. The molecule has 0 radical (unpaired) electrons. The van der Waals surface area contributed by atoms with Gasteiger partial charge >= 0.3 is 0 Å². The smallest absolute Gasteiger partial charge is 0.209 e. The van der Waals surface area contributed by atoms with Crippen molar-refractivity contribution in [2.75, 3.05) is 32.6 Å². The van der Waals surface area contributed by atoms with Crippen molar-refractivity contribution in [1.29, 1.82) is 0 Å². The van der Waals surface area contributed by atoms with E-state index in [4.69, 9.17) is 4.74 Å². The summed E-state index contributed by atoms with van der Waals surface area (Å²) in [4.78, 5) is 0. The summed E-state index contributed by atoms with van der Waals surface area (Å²) < 4.78 is 30.0. The highest BCUT2D eigenvalue weighted by molar-refractivity contribution is 7.88. The van der Waals surface area contributed by atoms with Gasteiger partial charge in [0.05, 0.1) is 12.9 Å². The van der Waals surface area contributed by atoms with Gasteiger partial charge in [0.25, 0.3) is 0 Å². The molecule has 0 saturated carbocycles. The molecule has 0 aliphatic carbocycles. The van der Waals surface area contributed by atoms with E-state index < -0.39 is 15.6 Å². The zero-order valence-corrected chi connectivity index (χ0v) is 11.5. The van der Waals surface area contributed by atoms with Gasteiger partial charge in [-0.2, -0.15) is 0 Å². The summed E-state index contributed by atoms with van der Waals surface area (Å²) in [5, 5.41) is 3.16. The van der Waals surface area contributed by atoms with Gasteiger partial charge in [-0.05, 0) is 20.3 Å². The summed E-state index contributed by atoms with van der Waals surface area (Å²) in [5.41, 5.74) is -0.474. The molecule has 0 rings (SSSR count). The Bertz CT molecular complexity index is 276. The lowest BCUT2D eigenvalue weighted by Gasteiger charge is -2.25. The van der Waals surface area contributed by atoms with Crippen molar-refractivity contribution in [2.45, 2.75) is 32.7 Å². The van der Waals surface area contributed by atoms with Crippen molar-refractivity contribution in [3.8, 4) is 0 Å². The lowest BCUT2D eigenvalue weighted by atomic mass is 10.1. The van der Waals surface area contributed by atoms with E-state index >= 15 is 0 Å². The summed E-state index contributed by atoms with van der Waals surface area (Å²) in [7, 11) is -3.15. The maximum Gasteiger partial charge on any atom is 0.209 e. The number of sulfonamides is 1. The minimum absolute atomic E-state index is 0.474. The van der Waals surface area contributed by atoms with Crippen molar-refractivity contribution in [1.82, 2.24) is 10.0 Å². The zero-order valence-electron chi connectivity index (χ0n) is 10.7. The molecule has 2 N–H and O–H groups in total. The average molecular weight is 252 g/mol. The van der Waals surface area contributed by atoms with Gasteiger partial charge in [0.2, 0.25) is 10.0 Å². The topological polar surface area (TPSA) is 67.4 Å². The molecule has 0 spiro atoms. The number of hydrogen-bond donors (Lipinski definition) is 2. The summed E-state index contributed by atoms with van der Waals surface area (Å²) in [6.07, 6.45) is 2.18. The van der Waals surface area contributed by atoms with E-state index in [2.05, 4.69) is 17.0 Å². The monoisotopic (exact) mass is 252 g/mol. The number of hydrogen-bond acceptors (Lipinski definition) is 4. The van der Waals surface area contributed by atoms with Crippen LogP contribution in [0.1, 0.15) is 27.2 Å². The minimum atomic E-state index is -3.15. The van der Waals surface area contributed by atoms with Gasteiger partial charge in [0.1, 0.15) is 0 Å². The van der Waals surface area contributed by atoms with Gasteiger partial charge < -0.3 is 10.1 Å². The van der Waals surface area contributed by atoms with Crippen molar-refractivity contribution < 1.29 is 13.2 Å². The van der Waals surface area contributed by atoms with Crippen LogP contribution in [0.2, 0.25) is 0 Å². The maximum absolute atomic E-state index is 11.1. The van der Waals surface area contributed by atoms with Crippen LogP contribution in [0, 0.1) is 0 Å². The molecule has 6 heteroatoms. The lowest BCUT2D eigenvalue weighted by molar-refractivity contribution is 0.135. The molecular weight excluding hydrogens is 228 g/mol. The number of ether oxygens (including phenoxy) is 1. The van der Waals surface area contributed by atoms with Crippen LogP contribution in [-0.2, 0) is 14.8 Å². The van der Waals surface area contributed by atoms with E-state index in [0.29, 0.717) is 13.2 Å². The molecule has 5 nitrogen and oxygen atoms in total. The van der Waals surface area contributed by atoms with Gasteiger partial charge in [-0.1, -0.05) is 6.92 Å². The Kier molecular flexibility index (Phi) is 7.14. The van der Waals surface area contributed by atoms with Crippen LogP contribution < -0.4 is 10.0 Å². The predicted octanol–water partition coefficient (Wildman–Crippen LogP) is 0.330. The molecule has 0 unspecified atom stereocenters. The maximum atomic E-state index is 11.1. The van der Waals surface area contributed by atoms with Gasteiger partial charge in [0, 0.05) is 25.2 Å². The highest BCUT2D eigenvalue weighted by atomic mass is 32.2. The second-order valence-corrected chi connectivity index (χ2v) is 6.30. The third-order valence-electron chi connectivity index (χ3n) is 1.80. The van der Waals surface area contributed by atoms with E-state index in [9.17, 15) is 8.42 Å². The van der Waals surface area contributed by atoms with E-state index in [1.807, 2.05) is 13.8 Å². The third-order valence-corrected chi connectivity index (χ3v) is 2.72. The molecule has 0 bridgehead atoms. The van der Waals surface area contributed by atoms with E-state index in [-0.39, 0.29) is 0 Å². The Balaban J connectivity index is 3.66. The molecule has 0 fully saturated rings. The Labute approximate surface area is 99.0 Å². The summed E-state index contributed by atoms with van der Waals surface area (Å²) in [6.45, 7) is 8.48. The van der Waals surface area contributed by atoms with E-state index in [0.717, 1.165) is 19.6 Å². The van der Waals surface area contributed by atoms with Gasteiger partial charge in [-0.15, -0.1) is 0 Å². The third kappa shape index (κ3) is 10.4. The SMILES string of the molecule is CCCOCCNCC(C)(C)NS(C)(=O)=O. The molecule has 0 aliphatic rings. The predicted molar refractivity (Wildman–Crippen MR) is 66.0 cm³/mol. The Morgan fingerprint density at radius 2 is 1.88 bits per heavy atom. The Morgan fingerprint density at radius 3 is 2.38 bits per heavy atom. The largest absolute Gasteiger partial charge is 0.380 e. The van der Waals surface area contributed by atoms with Crippen molar-refractivity contribution in [3.05, 3.63) is 0 Å². The van der Waals surface area contributed by atoms with Crippen molar-refractivity contribution in [3.63, 3.8) is 0 Å². The number of rotatable bonds is 9. The van der Waals surface area contributed by atoms with Crippen molar-refractivity contribution >= 4 is 10.0 Å². The molecule has 0 aromatic carbocycles. The van der Waals surface area contributed by atoms with Gasteiger partial charge in [-0.25, -0.2) is 13.1 Å². The molecule has 98 valence electrons. The summed E-state index contributed by atoms with van der Waals surface area (Å²) in [6, 6.07) is 0.